The van der Waals surface area contributed by atoms with E-state index in [2.05, 4.69) is 5.32 Å². The van der Waals surface area contributed by atoms with E-state index in [1.165, 1.54) is 6.41 Å². The fourth-order valence-corrected chi connectivity index (χ4v) is 0.458. The van der Waals surface area contributed by atoms with E-state index in [-0.39, 0.29) is 12.6 Å². The van der Waals surface area contributed by atoms with Crippen molar-refractivity contribution in [3.8, 4) is 0 Å². The minimum absolute atomic E-state index is 0.0871. The lowest BCUT2D eigenvalue weighted by Gasteiger charge is -2.09. The van der Waals surface area contributed by atoms with E-state index in [1.54, 1.807) is 6.92 Å². The van der Waals surface area contributed by atoms with Crippen molar-refractivity contribution in [2.24, 2.45) is 0 Å². The summed E-state index contributed by atoms with van der Waals surface area (Å²) in [5.41, 5.74) is 0. The average molecular weight is 158 g/mol. The SMILES string of the molecule is CCC(C)OC(=O)CN[C]=O. The van der Waals surface area contributed by atoms with Gasteiger partial charge in [0, 0.05) is 0 Å². The van der Waals surface area contributed by atoms with E-state index in [4.69, 9.17) is 4.74 Å². The Kier molecular flexibility index (Phi) is 5.15. The highest BCUT2D eigenvalue weighted by Crippen LogP contribution is 1.94. The molecule has 11 heavy (non-hydrogen) atoms. The topological polar surface area (TPSA) is 55.4 Å². The summed E-state index contributed by atoms with van der Waals surface area (Å²) in [6.07, 6.45) is 2.08. The van der Waals surface area contributed by atoms with Gasteiger partial charge in [-0.2, -0.15) is 0 Å². The molecule has 0 spiro atoms. The van der Waals surface area contributed by atoms with Crippen LogP contribution in [0.15, 0.2) is 0 Å². The average Bonchev–Trinajstić information content (AvgIpc) is 2.00. The third-order valence-corrected chi connectivity index (χ3v) is 1.21. The molecule has 0 saturated carbocycles. The molecule has 1 radical (unpaired) electrons. The molecule has 1 unspecified atom stereocenters. The van der Waals surface area contributed by atoms with Crippen molar-refractivity contribution >= 4 is 12.4 Å². The smallest absolute Gasteiger partial charge is 0.325 e. The number of hydrogen-bond donors (Lipinski definition) is 1. The van der Waals surface area contributed by atoms with Gasteiger partial charge < -0.3 is 10.1 Å². The Labute approximate surface area is 65.9 Å². The minimum Gasteiger partial charge on any atom is -0.461 e. The molecule has 0 aromatic rings. The molecule has 0 aliphatic carbocycles. The van der Waals surface area contributed by atoms with Gasteiger partial charge in [0.05, 0.1) is 6.10 Å². The maximum atomic E-state index is 10.7. The zero-order chi connectivity index (χ0) is 8.69. The van der Waals surface area contributed by atoms with Crippen LogP contribution in [0.3, 0.4) is 0 Å². The highest BCUT2D eigenvalue weighted by molar-refractivity contribution is 5.74. The van der Waals surface area contributed by atoms with Gasteiger partial charge in [0.2, 0.25) is 0 Å². The lowest BCUT2D eigenvalue weighted by atomic mass is 10.3. The molecular formula is C7H12NO3. The largest absolute Gasteiger partial charge is 0.461 e. The van der Waals surface area contributed by atoms with E-state index in [0.717, 1.165) is 6.42 Å². The predicted octanol–water partition coefficient (Wildman–Crippen LogP) is -0.0151. The zero-order valence-electron chi connectivity index (χ0n) is 6.72. The van der Waals surface area contributed by atoms with E-state index >= 15 is 0 Å². The Hall–Kier alpha value is -1.06. The summed E-state index contributed by atoms with van der Waals surface area (Å²) >= 11 is 0. The highest BCUT2D eigenvalue weighted by atomic mass is 16.5. The van der Waals surface area contributed by atoms with Crippen LogP contribution >= 0.6 is 0 Å². The second kappa shape index (κ2) is 5.70. The predicted molar refractivity (Wildman–Crippen MR) is 39.5 cm³/mol. The molecule has 0 bridgehead atoms. The Morgan fingerprint density at radius 1 is 1.73 bits per heavy atom. The summed E-state index contributed by atoms with van der Waals surface area (Å²) < 4.78 is 4.82. The van der Waals surface area contributed by atoms with E-state index in [1.807, 2.05) is 6.92 Å². The van der Waals surface area contributed by atoms with Crippen molar-refractivity contribution in [3.05, 3.63) is 0 Å². The third kappa shape index (κ3) is 5.39. The summed E-state index contributed by atoms with van der Waals surface area (Å²) in [5.74, 6) is -0.428. The number of ether oxygens (including phenoxy) is 1. The van der Waals surface area contributed by atoms with Gasteiger partial charge in [0.15, 0.2) is 0 Å². The summed E-state index contributed by atoms with van der Waals surface area (Å²) in [6.45, 7) is 3.60. The van der Waals surface area contributed by atoms with Crippen LogP contribution in [0, 0.1) is 0 Å². The molecule has 0 rings (SSSR count). The monoisotopic (exact) mass is 158 g/mol. The number of carbonyl (C=O) groups is 1. The van der Waals surface area contributed by atoms with Crippen LogP contribution in [0.4, 0.5) is 0 Å². The second-order valence-electron chi connectivity index (χ2n) is 2.16. The second-order valence-corrected chi connectivity index (χ2v) is 2.16. The molecule has 0 aliphatic heterocycles. The molecule has 1 amide bonds. The van der Waals surface area contributed by atoms with Crippen molar-refractivity contribution < 1.29 is 14.3 Å². The molecule has 1 N–H and O–H groups in total. The first-order chi connectivity index (χ1) is 5.20. The standard InChI is InChI=1S/C7H12NO3/c1-3-6(2)11-7(10)4-8-5-9/h6H,3-4H2,1-2H3,(H,8,9). The normalized spacial score (nSPS) is 11.8. The third-order valence-electron chi connectivity index (χ3n) is 1.21. The first-order valence-electron chi connectivity index (χ1n) is 3.50. The Balaban J connectivity index is 3.43. The molecule has 0 aliphatic rings. The molecule has 0 aromatic carbocycles. The minimum atomic E-state index is -0.428. The molecule has 0 aromatic heterocycles. The van der Waals surface area contributed by atoms with Crippen LogP contribution < -0.4 is 5.32 Å². The van der Waals surface area contributed by atoms with Crippen LogP contribution in [-0.2, 0) is 14.3 Å². The van der Waals surface area contributed by atoms with Gasteiger partial charge in [-0.1, -0.05) is 6.92 Å². The van der Waals surface area contributed by atoms with Crippen LogP contribution in [0.5, 0.6) is 0 Å². The first-order valence-corrected chi connectivity index (χ1v) is 3.50. The quantitative estimate of drug-likeness (QED) is 0.452. The molecule has 0 saturated heterocycles. The molecule has 0 fully saturated rings. The number of amides is 1. The van der Waals surface area contributed by atoms with Gasteiger partial charge in [-0.25, -0.2) is 0 Å². The van der Waals surface area contributed by atoms with E-state index in [9.17, 15) is 9.59 Å². The number of rotatable bonds is 5. The maximum absolute atomic E-state index is 10.7. The van der Waals surface area contributed by atoms with E-state index < -0.39 is 5.97 Å². The van der Waals surface area contributed by atoms with Crippen LogP contribution in [0.2, 0.25) is 0 Å². The Morgan fingerprint density at radius 3 is 2.82 bits per heavy atom. The fraction of sp³-hybridized carbons (Fsp3) is 0.714. The maximum Gasteiger partial charge on any atom is 0.325 e. The van der Waals surface area contributed by atoms with Crippen molar-refractivity contribution in [2.75, 3.05) is 6.54 Å². The van der Waals surface area contributed by atoms with Gasteiger partial charge in [-0.05, 0) is 13.3 Å². The van der Waals surface area contributed by atoms with Crippen molar-refractivity contribution in [1.29, 1.82) is 0 Å². The molecular weight excluding hydrogens is 146 g/mol. The zero-order valence-corrected chi connectivity index (χ0v) is 6.72. The Morgan fingerprint density at radius 2 is 2.36 bits per heavy atom. The molecule has 4 nitrogen and oxygen atoms in total. The summed E-state index contributed by atoms with van der Waals surface area (Å²) in [6, 6.07) is 0. The number of esters is 1. The lowest BCUT2D eigenvalue weighted by molar-refractivity contribution is -0.146. The first kappa shape index (κ1) is 9.94. The van der Waals surface area contributed by atoms with Crippen molar-refractivity contribution in [2.45, 2.75) is 26.4 Å². The van der Waals surface area contributed by atoms with Crippen molar-refractivity contribution in [1.82, 2.24) is 5.32 Å². The summed E-state index contributed by atoms with van der Waals surface area (Å²) in [7, 11) is 0. The number of nitrogens with one attached hydrogen (secondary N) is 1. The number of hydrogen-bond acceptors (Lipinski definition) is 3. The van der Waals surface area contributed by atoms with Gasteiger partial charge in [-0.15, -0.1) is 0 Å². The summed E-state index contributed by atoms with van der Waals surface area (Å²) in [5, 5.41) is 2.10. The van der Waals surface area contributed by atoms with Crippen LogP contribution in [0.1, 0.15) is 20.3 Å². The lowest BCUT2D eigenvalue weighted by Crippen LogP contribution is -2.26. The highest BCUT2D eigenvalue weighted by Gasteiger charge is 2.05. The van der Waals surface area contributed by atoms with Gasteiger partial charge in [-0.3, -0.25) is 9.59 Å². The van der Waals surface area contributed by atoms with Gasteiger partial charge in [0.1, 0.15) is 6.54 Å². The van der Waals surface area contributed by atoms with Crippen molar-refractivity contribution in [3.63, 3.8) is 0 Å². The summed E-state index contributed by atoms with van der Waals surface area (Å²) in [4.78, 5) is 20.3. The van der Waals surface area contributed by atoms with Gasteiger partial charge in [0.25, 0.3) is 0 Å². The Bertz CT molecular complexity index is 136. The fourth-order valence-electron chi connectivity index (χ4n) is 0.458. The molecule has 1 atom stereocenters. The molecule has 63 valence electrons. The molecule has 0 heterocycles. The van der Waals surface area contributed by atoms with E-state index in [0.29, 0.717) is 0 Å². The molecule has 4 heteroatoms. The number of carbonyl (C=O) groups excluding carboxylic acids is 2. The van der Waals surface area contributed by atoms with Crippen LogP contribution in [-0.4, -0.2) is 25.0 Å². The van der Waals surface area contributed by atoms with Gasteiger partial charge >= 0.3 is 12.4 Å². The van der Waals surface area contributed by atoms with Crippen LogP contribution in [0.25, 0.3) is 0 Å².